The van der Waals surface area contributed by atoms with Gasteiger partial charge in [0, 0.05) is 48.4 Å². The number of anilines is 1. The highest BCUT2D eigenvalue weighted by atomic mass is 19.1. The van der Waals surface area contributed by atoms with E-state index >= 15 is 0 Å². The molecule has 1 amide bonds. The van der Waals surface area contributed by atoms with E-state index in [1.807, 2.05) is 0 Å². The predicted molar refractivity (Wildman–Crippen MR) is 127 cm³/mol. The third-order valence-corrected chi connectivity index (χ3v) is 6.63. The lowest BCUT2D eigenvalue weighted by atomic mass is 10.0. The molecule has 0 radical (unpaired) electrons. The highest BCUT2D eigenvalue weighted by molar-refractivity contribution is 5.98. The van der Waals surface area contributed by atoms with Gasteiger partial charge in [0.05, 0.1) is 18.5 Å². The summed E-state index contributed by atoms with van der Waals surface area (Å²) in [5.41, 5.74) is 12.2. The number of nitrogens with zero attached hydrogens (tertiary/aromatic N) is 3. The van der Waals surface area contributed by atoms with Crippen molar-refractivity contribution in [2.45, 2.75) is 12.8 Å². The Morgan fingerprint density at radius 2 is 1.94 bits per heavy atom. The summed E-state index contributed by atoms with van der Waals surface area (Å²) >= 11 is 0. The number of ether oxygens (including phenoxy) is 1. The van der Waals surface area contributed by atoms with Crippen molar-refractivity contribution >= 4 is 11.6 Å². The van der Waals surface area contributed by atoms with Crippen LogP contribution in [0.4, 0.5) is 10.1 Å². The molecule has 2 heterocycles. The minimum Gasteiger partial charge on any atom is -0.494 e. The molecule has 7 heteroatoms. The van der Waals surface area contributed by atoms with Gasteiger partial charge in [-0.25, -0.2) is 9.37 Å². The summed E-state index contributed by atoms with van der Waals surface area (Å²) in [7, 11) is 3.58. The van der Waals surface area contributed by atoms with Gasteiger partial charge in [0.1, 0.15) is 0 Å². The molecule has 0 unspecified atom stereocenters. The highest BCUT2D eigenvalue weighted by Crippen LogP contribution is 2.40. The molecule has 1 aliphatic heterocycles. The number of likely N-dealkylation sites (N-methyl/N-ethyl adjacent to an activating group) is 1. The van der Waals surface area contributed by atoms with Gasteiger partial charge in [-0.3, -0.25) is 4.79 Å². The average molecular weight is 447 g/mol. The van der Waals surface area contributed by atoms with Crippen LogP contribution < -0.4 is 15.4 Å². The monoisotopic (exact) mass is 446 g/mol. The Morgan fingerprint density at radius 1 is 1.09 bits per heavy atom. The maximum atomic E-state index is 14.3. The number of methoxy groups -OCH3 is 1. The van der Waals surface area contributed by atoms with E-state index in [1.165, 1.54) is 18.9 Å². The third-order valence-electron chi connectivity index (χ3n) is 6.63. The summed E-state index contributed by atoms with van der Waals surface area (Å²) in [6, 6.07) is 12.7. The van der Waals surface area contributed by atoms with Gasteiger partial charge in [0.25, 0.3) is 0 Å². The molecule has 5 rings (SSSR count). The number of nitrogens with two attached hydrogens (primary N) is 1. The van der Waals surface area contributed by atoms with E-state index in [1.54, 1.807) is 18.2 Å². The molecule has 170 valence electrons. The quantitative estimate of drug-likeness (QED) is 0.518. The third kappa shape index (κ3) is 3.93. The number of amides is 1. The Morgan fingerprint density at radius 3 is 2.70 bits per heavy atom. The zero-order chi connectivity index (χ0) is 23.1. The molecule has 0 saturated carbocycles. The van der Waals surface area contributed by atoms with Crippen LogP contribution in [0.2, 0.25) is 0 Å². The van der Waals surface area contributed by atoms with E-state index in [2.05, 4.69) is 35.0 Å². The number of aromatic nitrogens is 1. The van der Waals surface area contributed by atoms with Crippen molar-refractivity contribution in [2.24, 2.45) is 5.73 Å². The first-order valence-electron chi connectivity index (χ1n) is 11.2. The summed E-state index contributed by atoms with van der Waals surface area (Å²) in [4.78, 5) is 21.9. The molecule has 1 aromatic heterocycles. The smallest absolute Gasteiger partial charge is 0.249 e. The first-order chi connectivity index (χ1) is 15.9. The normalized spacial score (nSPS) is 15.7. The van der Waals surface area contributed by atoms with Crippen molar-refractivity contribution in [3.63, 3.8) is 0 Å². The van der Waals surface area contributed by atoms with E-state index < -0.39 is 11.7 Å². The number of primary amides is 1. The van der Waals surface area contributed by atoms with Crippen molar-refractivity contribution in [3.8, 4) is 28.3 Å². The Hall–Kier alpha value is -3.45. The minimum atomic E-state index is -0.507. The molecular formula is C26H27FN4O2. The second kappa shape index (κ2) is 8.48. The molecule has 1 fully saturated rings. The molecule has 1 saturated heterocycles. The summed E-state index contributed by atoms with van der Waals surface area (Å²) in [5, 5.41) is 0. The predicted octanol–water partition coefficient (Wildman–Crippen LogP) is 3.71. The van der Waals surface area contributed by atoms with Crippen LogP contribution >= 0.6 is 0 Å². The average Bonchev–Trinajstić information content (AvgIpc) is 3.03. The first kappa shape index (κ1) is 21.4. The van der Waals surface area contributed by atoms with E-state index in [-0.39, 0.29) is 5.75 Å². The summed E-state index contributed by atoms with van der Waals surface area (Å²) in [6.45, 7) is 4.15. The lowest BCUT2D eigenvalue weighted by Gasteiger charge is -2.23. The van der Waals surface area contributed by atoms with Gasteiger partial charge in [-0.15, -0.1) is 0 Å². The zero-order valence-electron chi connectivity index (χ0n) is 18.9. The first-order valence-corrected chi connectivity index (χ1v) is 11.2. The van der Waals surface area contributed by atoms with Gasteiger partial charge < -0.3 is 20.3 Å². The van der Waals surface area contributed by atoms with Crippen LogP contribution in [0.1, 0.15) is 27.9 Å². The van der Waals surface area contributed by atoms with Crippen LogP contribution in [0.25, 0.3) is 22.5 Å². The number of hydrogen-bond donors (Lipinski definition) is 1. The van der Waals surface area contributed by atoms with E-state index in [0.717, 1.165) is 55.0 Å². The van der Waals surface area contributed by atoms with Crippen molar-refractivity contribution < 1.29 is 13.9 Å². The lowest BCUT2D eigenvalue weighted by molar-refractivity contribution is 0.0999. The SMILES string of the molecule is COc1ccc(-c2cc(C(N)=O)c3c(n2)-c2ccc(N4CCCN(C)CC4)cc2C3)cc1F. The molecule has 0 atom stereocenters. The molecule has 2 aromatic carbocycles. The maximum absolute atomic E-state index is 14.3. The zero-order valence-corrected chi connectivity index (χ0v) is 18.9. The molecule has 6 nitrogen and oxygen atoms in total. The molecular weight excluding hydrogens is 419 g/mol. The van der Waals surface area contributed by atoms with E-state index in [0.29, 0.717) is 23.2 Å². The molecule has 33 heavy (non-hydrogen) atoms. The minimum absolute atomic E-state index is 0.160. The number of benzene rings is 2. The van der Waals surface area contributed by atoms with Gasteiger partial charge in [-0.1, -0.05) is 6.07 Å². The van der Waals surface area contributed by atoms with Gasteiger partial charge in [-0.2, -0.15) is 0 Å². The molecule has 2 N–H and O–H groups in total. The Kier molecular flexibility index (Phi) is 5.50. The topological polar surface area (TPSA) is 71.7 Å². The van der Waals surface area contributed by atoms with Crippen LogP contribution in [0, 0.1) is 5.82 Å². The molecule has 3 aromatic rings. The standard InChI is InChI=1S/C26H27FN4O2/c1-30-8-3-9-31(11-10-30)18-5-6-19-17(12-18)13-20-21(26(28)32)15-23(29-25(19)20)16-4-7-24(33-2)22(27)14-16/h4-7,12,14-15H,3,8-11,13H2,1-2H3,(H2,28,32). The summed E-state index contributed by atoms with van der Waals surface area (Å²) < 4.78 is 19.3. The Bertz CT molecular complexity index is 1240. The number of carbonyl (C=O) groups is 1. The lowest BCUT2D eigenvalue weighted by Crippen LogP contribution is -2.28. The number of fused-ring (bicyclic) bond motifs is 3. The Labute approximate surface area is 192 Å². The number of carbonyl (C=O) groups excluding carboxylic acids is 1. The number of rotatable bonds is 4. The fourth-order valence-electron chi connectivity index (χ4n) is 4.82. The van der Waals surface area contributed by atoms with E-state index in [4.69, 9.17) is 15.5 Å². The van der Waals surface area contributed by atoms with Crippen molar-refractivity contribution in [1.29, 1.82) is 0 Å². The van der Waals surface area contributed by atoms with Crippen LogP contribution in [0.5, 0.6) is 5.75 Å². The second-order valence-corrected chi connectivity index (χ2v) is 8.76. The van der Waals surface area contributed by atoms with Crippen LogP contribution in [-0.4, -0.2) is 56.1 Å². The summed E-state index contributed by atoms with van der Waals surface area (Å²) in [5.74, 6) is -0.828. The fraction of sp³-hybridized carbons (Fsp3) is 0.308. The molecule has 2 aliphatic rings. The molecule has 1 aliphatic carbocycles. The van der Waals surface area contributed by atoms with Gasteiger partial charge in [0.15, 0.2) is 11.6 Å². The van der Waals surface area contributed by atoms with Crippen molar-refractivity contribution in [1.82, 2.24) is 9.88 Å². The second-order valence-electron chi connectivity index (χ2n) is 8.76. The van der Waals surface area contributed by atoms with Gasteiger partial charge in [0.2, 0.25) is 5.91 Å². The highest BCUT2D eigenvalue weighted by Gasteiger charge is 2.27. The van der Waals surface area contributed by atoms with Gasteiger partial charge in [-0.05, 0) is 67.5 Å². The van der Waals surface area contributed by atoms with Crippen molar-refractivity contribution in [2.75, 3.05) is 45.2 Å². The van der Waals surface area contributed by atoms with Crippen LogP contribution in [0.15, 0.2) is 42.5 Å². The molecule has 0 bridgehead atoms. The Balaban J connectivity index is 1.55. The van der Waals surface area contributed by atoms with Crippen molar-refractivity contribution in [3.05, 3.63) is 65.0 Å². The largest absolute Gasteiger partial charge is 0.494 e. The van der Waals surface area contributed by atoms with E-state index in [9.17, 15) is 9.18 Å². The van der Waals surface area contributed by atoms with Crippen LogP contribution in [0.3, 0.4) is 0 Å². The fourth-order valence-corrected chi connectivity index (χ4v) is 4.82. The maximum Gasteiger partial charge on any atom is 0.249 e. The van der Waals surface area contributed by atoms with Crippen LogP contribution in [-0.2, 0) is 6.42 Å². The van der Waals surface area contributed by atoms with Gasteiger partial charge >= 0.3 is 0 Å². The number of halogens is 1. The number of hydrogen-bond acceptors (Lipinski definition) is 5. The summed E-state index contributed by atoms with van der Waals surface area (Å²) in [6.07, 6.45) is 1.73. The molecule has 0 spiro atoms. The number of pyridine rings is 1.